The fourth-order valence-electron chi connectivity index (χ4n) is 1.72. The topological polar surface area (TPSA) is 85.1 Å². The van der Waals surface area contributed by atoms with E-state index in [0.29, 0.717) is 24.3 Å². The summed E-state index contributed by atoms with van der Waals surface area (Å²) < 4.78 is 43.6. The van der Waals surface area contributed by atoms with Gasteiger partial charge in [-0.2, -0.15) is 0 Å². The number of nitrogens with one attached hydrogen (secondary N) is 1. The summed E-state index contributed by atoms with van der Waals surface area (Å²) in [4.78, 5) is 0. The molecule has 6 nitrogen and oxygen atoms in total. The fourth-order valence-corrected chi connectivity index (χ4v) is 2.81. The molecule has 114 valence electrons. The molecule has 0 bridgehead atoms. The summed E-state index contributed by atoms with van der Waals surface area (Å²) in [5.74, 6) is 0.358. The van der Waals surface area contributed by atoms with E-state index in [9.17, 15) is 12.8 Å². The highest BCUT2D eigenvalue weighted by Gasteiger charge is 2.11. The highest BCUT2D eigenvalue weighted by atomic mass is 32.2. The molecule has 0 unspecified atom stereocenters. The Bertz CT molecular complexity index is 683. The van der Waals surface area contributed by atoms with Crippen LogP contribution in [0.15, 0.2) is 28.7 Å². The molecule has 2 aromatic rings. The van der Waals surface area contributed by atoms with E-state index in [-0.39, 0.29) is 24.0 Å². The first-order valence-electron chi connectivity index (χ1n) is 6.56. The maximum Gasteiger partial charge on any atom is 0.247 e. The quantitative estimate of drug-likeness (QED) is 0.841. The lowest BCUT2D eigenvalue weighted by Crippen LogP contribution is -2.28. The van der Waals surface area contributed by atoms with Gasteiger partial charge in [0, 0.05) is 18.5 Å². The minimum absolute atomic E-state index is 0.0949. The summed E-state index contributed by atoms with van der Waals surface area (Å²) in [6.45, 7) is 2.00. The normalized spacial score (nSPS) is 11.7. The van der Waals surface area contributed by atoms with Gasteiger partial charge in [0.1, 0.15) is 5.82 Å². The Hall–Kier alpha value is -1.80. The van der Waals surface area contributed by atoms with Crippen molar-refractivity contribution in [3.8, 4) is 11.5 Å². The van der Waals surface area contributed by atoms with E-state index in [2.05, 4.69) is 14.9 Å². The van der Waals surface area contributed by atoms with Gasteiger partial charge in [0.25, 0.3) is 0 Å². The molecule has 0 spiro atoms. The van der Waals surface area contributed by atoms with Crippen molar-refractivity contribution in [3.05, 3.63) is 36.0 Å². The van der Waals surface area contributed by atoms with Gasteiger partial charge in [-0.05, 0) is 30.7 Å². The lowest BCUT2D eigenvalue weighted by molar-refractivity contribution is 0.501. The van der Waals surface area contributed by atoms with Crippen molar-refractivity contribution < 1.29 is 17.2 Å². The van der Waals surface area contributed by atoms with Crippen molar-refractivity contribution in [1.82, 2.24) is 14.9 Å². The third-order valence-electron chi connectivity index (χ3n) is 2.69. The van der Waals surface area contributed by atoms with Crippen LogP contribution in [0.2, 0.25) is 0 Å². The maximum atomic E-state index is 12.8. The highest BCUT2D eigenvalue weighted by molar-refractivity contribution is 7.89. The van der Waals surface area contributed by atoms with Gasteiger partial charge in [-0.1, -0.05) is 6.92 Å². The smallest absolute Gasteiger partial charge is 0.247 e. The fraction of sp³-hybridized carbons (Fsp3) is 0.385. The van der Waals surface area contributed by atoms with Gasteiger partial charge in [0.15, 0.2) is 0 Å². The molecule has 0 fully saturated rings. The SMILES string of the molecule is CCCS(=O)(=O)NCCc1nnc(-c2ccc(F)cc2)o1. The van der Waals surface area contributed by atoms with E-state index in [1.807, 2.05) is 0 Å². The largest absolute Gasteiger partial charge is 0.421 e. The molecule has 0 aliphatic heterocycles. The second kappa shape index (κ2) is 6.77. The van der Waals surface area contributed by atoms with Crippen molar-refractivity contribution in [2.45, 2.75) is 19.8 Å². The summed E-state index contributed by atoms with van der Waals surface area (Å²) >= 11 is 0. The number of halogens is 1. The first kappa shape index (κ1) is 15.6. The number of hydrogen-bond acceptors (Lipinski definition) is 5. The molecule has 0 aliphatic rings. The van der Waals surface area contributed by atoms with Crippen molar-refractivity contribution >= 4 is 10.0 Å². The zero-order valence-electron chi connectivity index (χ0n) is 11.5. The monoisotopic (exact) mass is 313 g/mol. The van der Waals surface area contributed by atoms with E-state index < -0.39 is 10.0 Å². The minimum atomic E-state index is -3.23. The lowest BCUT2D eigenvalue weighted by Gasteiger charge is -2.02. The number of rotatable bonds is 7. The Morgan fingerprint density at radius 1 is 1.24 bits per heavy atom. The lowest BCUT2D eigenvalue weighted by atomic mass is 10.2. The Labute approximate surface area is 122 Å². The average molecular weight is 313 g/mol. The molecule has 1 aromatic carbocycles. The zero-order valence-corrected chi connectivity index (χ0v) is 12.4. The summed E-state index contributed by atoms with van der Waals surface area (Å²) in [7, 11) is -3.23. The van der Waals surface area contributed by atoms with Crippen molar-refractivity contribution in [1.29, 1.82) is 0 Å². The van der Waals surface area contributed by atoms with E-state index >= 15 is 0 Å². The number of benzene rings is 1. The molecule has 21 heavy (non-hydrogen) atoms. The molecule has 8 heteroatoms. The molecule has 1 heterocycles. The molecule has 0 atom stereocenters. The minimum Gasteiger partial charge on any atom is -0.421 e. The van der Waals surface area contributed by atoms with E-state index in [0.717, 1.165) is 0 Å². The Kier molecular flexibility index (Phi) is 5.03. The van der Waals surface area contributed by atoms with Crippen LogP contribution in [0.3, 0.4) is 0 Å². The molecular formula is C13H16FN3O3S. The first-order chi connectivity index (χ1) is 10.00. The molecule has 0 amide bonds. The summed E-state index contributed by atoms with van der Waals surface area (Å²) in [6, 6.07) is 5.68. The van der Waals surface area contributed by atoms with Crippen LogP contribution in [-0.4, -0.2) is 30.9 Å². The number of sulfonamides is 1. The van der Waals surface area contributed by atoms with Gasteiger partial charge >= 0.3 is 0 Å². The van der Waals surface area contributed by atoms with Crippen LogP contribution in [0, 0.1) is 5.82 Å². The second-order valence-electron chi connectivity index (χ2n) is 4.47. The maximum absolute atomic E-state index is 12.8. The zero-order chi connectivity index (χ0) is 15.3. The number of hydrogen-bond donors (Lipinski definition) is 1. The van der Waals surface area contributed by atoms with Crippen LogP contribution < -0.4 is 4.72 Å². The molecular weight excluding hydrogens is 297 g/mol. The number of aromatic nitrogens is 2. The van der Waals surface area contributed by atoms with E-state index in [1.165, 1.54) is 24.3 Å². The first-order valence-corrected chi connectivity index (χ1v) is 8.21. The van der Waals surface area contributed by atoms with Gasteiger partial charge in [0.05, 0.1) is 5.75 Å². The van der Waals surface area contributed by atoms with Crippen molar-refractivity contribution in [2.75, 3.05) is 12.3 Å². The van der Waals surface area contributed by atoms with Gasteiger partial charge in [-0.15, -0.1) is 10.2 Å². The van der Waals surface area contributed by atoms with Crippen LogP contribution in [0.25, 0.3) is 11.5 Å². The summed E-state index contributed by atoms with van der Waals surface area (Å²) in [5.41, 5.74) is 0.613. The van der Waals surface area contributed by atoms with Crippen LogP contribution in [0.5, 0.6) is 0 Å². The van der Waals surface area contributed by atoms with E-state index in [4.69, 9.17) is 4.42 Å². The third kappa shape index (κ3) is 4.61. The molecule has 0 saturated carbocycles. The summed E-state index contributed by atoms with van der Waals surface area (Å²) in [6.07, 6.45) is 0.863. The van der Waals surface area contributed by atoms with E-state index in [1.54, 1.807) is 6.92 Å². The predicted molar refractivity (Wildman–Crippen MR) is 75.5 cm³/mol. The van der Waals surface area contributed by atoms with Gasteiger partial charge < -0.3 is 4.42 Å². The molecule has 0 aliphatic carbocycles. The molecule has 1 N–H and O–H groups in total. The molecule has 0 saturated heterocycles. The Balaban J connectivity index is 1.93. The van der Waals surface area contributed by atoms with Gasteiger partial charge in [-0.25, -0.2) is 17.5 Å². The van der Waals surface area contributed by atoms with Crippen LogP contribution in [0.1, 0.15) is 19.2 Å². The Morgan fingerprint density at radius 3 is 2.62 bits per heavy atom. The van der Waals surface area contributed by atoms with Crippen molar-refractivity contribution in [2.24, 2.45) is 0 Å². The van der Waals surface area contributed by atoms with Crippen LogP contribution in [-0.2, 0) is 16.4 Å². The predicted octanol–water partition coefficient (Wildman–Crippen LogP) is 1.75. The highest BCUT2D eigenvalue weighted by Crippen LogP contribution is 2.18. The second-order valence-corrected chi connectivity index (χ2v) is 6.40. The van der Waals surface area contributed by atoms with Gasteiger partial charge in [-0.3, -0.25) is 0 Å². The molecule has 0 radical (unpaired) electrons. The van der Waals surface area contributed by atoms with Crippen molar-refractivity contribution in [3.63, 3.8) is 0 Å². The summed E-state index contributed by atoms with van der Waals surface area (Å²) in [5, 5.41) is 7.69. The number of nitrogens with zero attached hydrogens (tertiary/aromatic N) is 2. The average Bonchev–Trinajstić information content (AvgIpc) is 2.88. The molecule has 1 aromatic heterocycles. The molecule has 2 rings (SSSR count). The van der Waals surface area contributed by atoms with Gasteiger partial charge in [0.2, 0.25) is 21.8 Å². The Morgan fingerprint density at radius 2 is 1.95 bits per heavy atom. The third-order valence-corrected chi connectivity index (χ3v) is 4.28. The standard InChI is InChI=1S/C13H16FN3O3S/c1-2-9-21(18,19)15-8-7-12-16-17-13(20-12)10-3-5-11(14)6-4-10/h3-6,15H,2,7-9H2,1H3. The van der Waals surface area contributed by atoms with Crippen LogP contribution in [0.4, 0.5) is 4.39 Å². The van der Waals surface area contributed by atoms with Crippen LogP contribution >= 0.6 is 0 Å².